The highest BCUT2D eigenvalue weighted by Gasteiger charge is 2.17. The van der Waals surface area contributed by atoms with E-state index in [4.69, 9.17) is 0 Å². The predicted octanol–water partition coefficient (Wildman–Crippen LogP) is 3.69. The molecule has 0 spiro atoms. The van der Waals surface area contributed by atoms with Crippen LogP contribution in [0.3, 0.4) is 0 Å². The number of hydrogen-bond acceptors (Lipinski definition) is 1. The molecule has 2 nitrogen and oxygen atoms in total. The van der Waals surface area contributed by atoms with Crippen molar-refractivity contribution < 1.29 is 8.78 Å². The average molecular weight is 301 g/mol. The van der Waals surface area contributed by atoms with Crippen LogP contribution < -0.4 is 0 Å². The zero-order chi connectivity index (χ0) is 12.6. The van der Waals surface area contributed by atoms with Crippen molar-refractivity contribution >= 4 is 15.9 Å². The summed E-state index contributed by atoms with van der Waals surface area (Å²) >= 11 is 3.41. The highest BCUT2D eigenvalue weighted by molar-refractivity contribution is 9.10. The number of benzene rings is 1. The molecular formula is C12H11BrF2N2. The van der Waals surface area contributed by atoms with E-state index in [2.05, 4.69) is 21.0 Å². The molecule has 0 atom stereocenters. The van der Waals surface area contributed by atoms with Gasteiger partial charge in [0, 0.05) is 18.7 Å². The van der Waals surface area contributed by atoms with E-state index >= 15 is 0 Å². The number of rotatable bonds is 2. The minimum atomic E-state index is -0.587. The Kier molecular flexibility index (Phi) is 3.28. The Morgan fingerprint density at radius 2 is 2.06 bits per heavy atom. The molecule has 0 bridgehead atoms. The Bertz CT molecular complexity index is 564. The van der Waals surface area contributed by atoms with Crippen LogP contribution in [0.2, 0.25) is 0 Å². The van der Waals surface area contributed by atoms with Gasteiger partial charge in [-0.1, -0.05) is 6.92 Å². The molecule has 0 saturated heterocycles. The van der Waals surface area contributed by atoms with Gasteiger partial charge in [-0.2, -0.15) is 5.10 Å². The summed E-state index contributed by atoms with van der Waals surface area (Å²) in [6, 6.07) is 3.54. The molecule has 1 heterocycles. The van der Waals surface area contributed by atoms with Crippen molar-refractivity contribution in [2.75, 3.05) is 0 Å². The van der Waals surface area contributed by atoms with Crippen LogP contribution in [0.5, 0.6) is 0 Å². The first-order valence-electron chi connectivity index (χ1n) is 5.21. The van der Waals surface area contributed by atoms with Gasteiger partial charge in [0.15, 0.2) is 0 Å². The number of nitrogens with zero attached hydrogens (tertiary/aromatic N) is 2. The minimum absolute atomic E-state index is 0.341. The Morgan fingerprint density at radius 1 is 1.35 bits per heavy atom. The Hall–Kier alpha value is -1.23. The van der Waals surface area contributed by atoms with E-state index in [-0.39, 0.29) is 0 Å². The van der Waals surface area contributed by atoms with Crippen molar-refractivity contribution in [1.29, 1.82) is 0 Å². The van der Waals surface area contributed by atoms with Gasteiger partial charge in [-0.05, 0) is 34.5 Å². The monoisotopic (exact) mass is 300 g/mol. The van der Waals surface area contributed by atoms with Crippen LogP contribution in [0.4, 0.5) is 8.78 Å². The van der Waals surface area contributed by atoms with Crippen molar-refractivity contribution in [2.45, 2.75) is 13.3 Å². The molecule has 90 valence electrons. The highest BCUT2D eigenvalue weighted by atomic mass is 79.9. The van der Waals surface area contributed by atoms with Crippen LogP contribution in [-0.2, 0) is 13.5 Å². The molecule has 1 aromatic heterocycles. The normalized spacial score (nSPS) is 10.9. The van der Waals surface area contributed by atoms with Crippen LogP contribution in [0.15, 0.2) is 22.7 Å². The lowest BCUT2D eigenvalue weighted by Crippen LogP contribution is -1.96. The molecule has 0 saturated carbocycles. The van der Waals surface area contributed by atoms with Gasteiger partial charge in [-0.3, -0.25) is 4.68 Å². The maximum Gasteiger partial charge on any atom is 0.135 e. The molecule has 0 fully saturated rings. The molecule has 0 aliphatic carbocycles. The maximum atomic E-state index is 13.7. The van der Waals surface area contributed by atoms with E-state index in [1.807, 2.05) is 6.92 Å². The lowest BCUT2D eigenvalue weighted by molar-refractivity contribution is 0.584. The Labute approximate surface area is 106 Å². The van der Waals surface area contributed by atoms with Gasteiger partial charge in [0.1, 0.15) is 11.6 Å². The molecule has 2 rings (SSSR count). The highest BCUT2D eigenvalue weighted by Crippen LogP contribution is 2.32. The number of aryl methyl sites for hydroxylation is 2. The molecule has 0 radical (unpaired) electrons. The van der Waals surface area contributed by atoms with Gasteiger partial charge in [0.25, 0.3) is 0 Å². The van der Waals surface area contributed by atoms with Crippen LogP contribution in [-0.4, -0.2) is 9.78 Å². The molecule has 0 aliphatic rings. The average Bonchev–Trinajstić information content (AvgIpc) is 2.55. The maximum absolute atomic E-state index is 13.7. The van der Waals surface area contributed by atoms with E-state index in [0.717, 1.165) is 22.7 Å². The summed E-state index contributed by atoms with van der Waals surface area (Å²) in [4.78, 5) is 0. The van der Waals surface area contributed by atoms with E-state index in [9.17, 15) is 8.78 Å². The molecule has 0 N–H and O–H groups in total. The zero-order valence-electron chi connectivity index (χ0n) is 9.47. The summed E-state index contributed by atoms with van der Waals surface area (Å²) in [5.74, 6) is -1.17. The summed E-state index contributed by atoms with van der Waals surface area (Å²) in [6.07, 6.45) is 0.747. The van der Waals surface area contributed by atoms with Gasteiger partial charge in [0.05, 0.1) is 15.9 Å². The van der Waals surface area contributed by atoms with Gasteiger partial charge in [-0.25, -0.2) is 8.78 Å². The number of halogens is 3. The van der Waals surface area contributed by atoms with Crippen molar-refractivity contribution in [2.24, 2.45) is 7.05 Å². The third-order valence-electron chi connectivity index (χ3n) is 2.58. The fourth-order valence-corrected chi connectivity index (χ4v) is 2.58. The molecule has 0 amide bonds. The Morgan fingerprint density at radius 3 is 2.59 bits per heavy atom. The molecular weight excluding hydrogens is 290 g/mol. The van der Waals surface area contributed by atoms with Gasteiger partial charge in [0.2, 0.25) is 0 Å². The smallest absolute Gasteiger partial charge is 0.135 e. The second-order valence-electron chi connectivity index (χ2n) is 3.71. The second-order valence-corrected chi connectivity index (χ2v) is 4.50. The van der Waals surface area contributed by atoms with Gasteiger partial charge >= 0.3 is 0 Å². The van der Waals surface area contributed by atoms with E-state index in [0.29, 0.717) is 11.3 Å². The first-order chi connectivity index (χ1) is 8.04. The third-order valence-corrected chi connectivity index (χ3v) is 3.41. The largest absolute Gasteiger partial charge is 0.266 e. The first-order valence-corrected chi connectivity index (χ1v) is 6.00. The summed E-state index contributed by atoms with van der Waals surface area (Å²) in [5.41, 5.74) is 1.82. The topological polar surface area (TPSA) is 17.8 Å². The molecule has 1 aromatic carbocycles. The Balaban J connectivity index is 2.64. The lowest BCUT2D eigenvalue weighted by Gasteiger charge is -2.04. The van der Waals surface area contributed by atoms with Crippen LogP contribution in [0, 0.1) is 11.6 Å². The third kappa shape index (κ3) is 2.11. The van der Waals surface area contributed by atoms with E-state index in [1.165, 1.54) is 12.1 Å². The van der Waals surface area contributed by atoms with Gasteiger partial charge in [-0.15, -0.1) is 0 Å². The standard InChI is InChI=1S/C12H11BrF2N2/c1-3-10-11(13)12(17(2)16-10)8-5-4-7(14)6-9(8)15/h4-6H,3H2,1-2H3. The summed E-state index contributed by atoms with van der Waals surface area (Å²) in [7, 11) is 1.74. The summed E-state index contributed by atoms with van der Waals surface area (Å²) in [6.45, 7) is 1.97. The van der Waals surface area contributed by atoms with Crippen molar-refractivity contribution in [3.8, 4) is 11.3 Å². The van der Waals surface area contributed by atoms with Crippen molar-refractivity contribution in [1.82, 2.24) is 9.78 Å². The minimum Gasteiger partial charge on any atom is -0.266 e. The molecule has 0 aliphatic heterocycles. The van der Waals surface area contributed by atoms with Crippen molar-refractivity contribution in [3.05, 3.63) is 40.0 Å². The van der Waals surface area contributed by atoms with Crippen molar-refractivity contribution in [3.63, 3.8) is 0 Å². The molecule has 17 heavy (non-hydrogen) atoms. The second kappa shape index (κ2) is 4.56. The first kappa shape index (κ1) is 12.2. The molecule has 5 heteroatoms. The zero-order valence-corrected chi connectivity index (χ0v) is 11.1. The summed E-state index contributed by atoms with van der Waals surface area (Å²) in [5, 5.41) is 4.28. The lowest BCUT2D eigenvalue weighted by atomic mass is 10.1. The number of hydrogen-bond donors (Lipinski definition) is 0. The van der Waals surface area contributed by atoms with Crippen LogP contribution in [0.25, 0.3) is 11.3 Å². The summed E-state index contributed by atoms with van der Waals surface area (Å²) < 4.78 is 28.9. The fraction of sp³-hybridized carbons (Fsp3) is 0.250. The predicted molar refractivity (Wildman–Crippen MR) is 65.6 cm³/mol. The van der Waals surface area contributed by atoms with E-state index in [1.54, 1.807) is 11.7 Å². The molecule has 0 unspecified atom stereocenters. The molecule has 2 aromatic rings. The number of aromatic nitrogens is 2. The van der Waals surface area contributed by atoms with Gasteiger partial charge < -0.3 is 0 Å². The SMILES string of the molecule is CCc1nn(C)c(-c2ccc(F)cc2F)c1Br. The van der Waals surface area contributed by atoms with Crippen LogP contribution in [0.1, 0.15) is 12.6 Å². The fourth-order valence-electron chi connectivity index (χ4n) is 1.75. The quantitative estimate of drug-likeness (QED) is 0.827. The van der Waals surface area contributed by atoms with E-state index < -0.39 is 11.6 Å². The van der Waals surface area contributed by atoms with Crippen LogP contribution >= 0.6 is 15.9 Å².